The molecule has 0 saturated carbocycles. The van der Waals surface area contributed by atoms with E-state index in [0.717, 1.165) is 5.56 Å². The summed E-state index contributed by atoms with van der Waals surface area (Å²) in [6.07, 6.45) is 0.308. The van der Waals surface area contributed by atoms with Gasteiger partial charge in [0.25, 0.3) is 5.69 Å². The number of ether oxygens (including phenoxy) is 1. The van der Waals surface area contributed by atoms with E-state index in [-0.39, 0.29) is 18.1 Å². The standard InChI is InChI=1S/C11H13NO4/c1-8-3-4-10(12(14)15)7-11(8)16-6-5-9(2)13/h3-4,7H,5-6H2,1-2H3. The van der Waals surface area contributed by atoms with Crippen molar-refractivity contribution >= 4 is 11.5 Å². The molecule has 0 unspecified atom stereocenters. The number of aryl methyl sites for hydroxylation is 1. The van der Waals surface area contributed by atoms with Crippen molar-refractivity contribution in [2.24, 2.45) is 0 Å². The van der Waals surface area contributed by atoms with Gasteiger partial charge in [0.2, 0.25) is 0 Å². The van der Waals surface area contributed by atoms with E-state index in [1.54, 1.807) is 13.0 Å². The van der Waals surface area contributed by atoms with Crippen molar-refractivity contribution in [1.29, 1.82) is 0 Å². The summed E-state index contributed by atoms with van der Waals surface area (Å²) in [6.45, 7) is 3.52. The molecule has 0 aliphatic heterocycles. The Morgan fingerprint density at radius 3 is 2.75 bits per heavy atom. The predicted molar refractivity (Wildman–Crippen MR) is 58.6 cm³/mol. The van der Waals surface area contributed by atoms with Gasteiger partial charge in [0.05, 0.1) is 17.6 Å². The van der Waals surface area contributed by atoms with Crippen molar-refractivity contribution in [3.63, 3.8) is 0 Å². The zero-order valence-electron chi connectivity index (χ0n) is 9.23. The molecule has 0 atom stereocenters. The molecule has 1 aromatic rings. The predicted octanol–water partition coefficient (Wildman–Crippen LogP) is 2.26. The van der Waals surface area contributed by atoms with E-state index in [1.165, 1.54) is 19.1 Å². The first-order valence-corrected chi connectivity index (χ1v) is 4.88. The third-order valence-corrected chi connectivity index (χ3v) is 2.09. The maximum Gasteiger partial charge on any atom is 0.273 e. The van der Waals surface area contributed by atoms with Gasteiger partial charge in [0.15, 0.2) is 0 Å². The van der Waals surface area contributed by atoms with Crippen molar-refractivity contribution in [3.8, 4) is 5.75 Å². The molecule has 0 heterocycles. The molecule has 0 saturated heterocycles. The molecule has 1 rings (SSSR count). The number of ketones is 1. The fourth-order valence-corrected chi connectivity index (χ4v) is 1.16. The molecule has 0 bridgehead atoms. The zero-order valence-corrected chi connectivity index (χ0v) is 9.23. The van der Waals surface area contributed by atoms with Gasteiger partial charge in [0.1, 0.15) is 11.5 Å². The monoisotopic (exact) mass is 223 g/mol. The van der Waals surface area contributed by atoms with E-state index in [9.17, 15) is 14.9 Å². The van der Waals surface area contributed by atoms with Crippen LogP contribution in [0.4, 0.5) is 5.69 Å². The lowest BCUT2D eigenvalue weighted by Crippen LogP contribution is -2.04. The summed E-state index contributed by atoms with van der Waals surface area (Å²) in [4.78, 5) is 20.8. The second-order valence-electron chi connectivity index (χ2n) is 3.51. The van der Waals surface area contributed by atoms with E-state index < -0.39 is 4.92 Å². The van der Waals surface area contributed by atoms with Crippen LogP contribution in [0.15, 0.2) is 18.2 Å². The van der Waals surface area contributed by atoms with Crippen molar-refractivity contribution < 1.29 is 14.5 Å². The Kier molecular flexibility index (Phi) is 3.99. The fourth-order valence-electron chi connectivity index (χ4n) is 1.16. The van der Waals surface area contributed by atoms with Gasteiger partial charge in [-0.15, -0.1) is 0 Å². The van der Waals surface area contributed by atoms with Crippen LogP contribution in [-0.2, 0) is 4.79 Å². The highest BCUT2D eigenvalue weighted by molar-refractivity contribution is 5.75. The van der Waals surface area contributed by atoms with Gasteiger partial charge < -0.3 is 4.74 Å². The number of rotatable bonds is 5. The number of nitro groups is 1. The van der Waals surface area contributed by atoms with Gasteiger partial charge in [-0.1, -0.05) is 0 Å². The minimum atomic E-state index is -0.475. The van der Waals surface area contributed by atoms with Crippen LogP contribution < -0.4 is 4.74 Å². The third kappa shape index (κ3) is 3.34. The number of non-ortho nitro benzene ring substituents is 1. The van der Waals surface area contributed by atoms with Gasteiger partial charge in [-0.3, -0.25) is 14.9 Å². The van der Waals surface area contributed by atoms with Crippen LogP contribution in [0.25, 0.3) is 0 Å². The topological polar surface area (TPSA) is 69.4 Å². The maximum absolute atomic E-state index is 10.7. The van der Waals surface area contributed by atoms with Crippen molar-refractivity contribution in [3.05, 3.63) is 33.9 Å². The molecule has 0 radical (unpaired) electrons. The van der Waals surface area contributed by atoms with Gasteiger partial charge in [-0.05, 0) is 25.5 Å². The van der Waals surface area contributed by atoms with Gasteiger partial charge in [-0.2, -0.15) is 0 Å². The summed E-state index contributed by atoms with van der Waals surface area (Å²) in [5.41, 5.74) is 0.803. The number of nitro benzene ring substituents is 1. The number of carbonyl (C=O) groups excluding carboxylic acids is 1. The average molecular weight is 223 g/mol. The number of nitrogens with zero attached hydrogens (tertiary/aromatic N) is 1. The average Bonchev–Trinajstić information content (AvgIpc) is 2.20. The Bertz CT molecular complexity index is 414. The van der Waals surface area contributed by atoms with E-state index in [1.807, 2.05) is 0 Å². The molecule has 0 N–H and O–H groups in total. The molecular formula is C11H13NO4. The SMILES string of the molecule is CC(=O)CCOc1cc([N+](=O)[O-])ccc1C. The van der Waals surface area contributed by atoms with Crippen LogP contribution in [0.3, 0.4) is 0 Å². The van der Waals surface area contributed by atoms with Crippen LogP contribution in [0.2, 0.25) is 0 Å². The summed E-state index contributed by atoms with van der Waals surface area (Å²) in [5, 5.41) is 10.5. The molecule has 5 heteroatoms. The largest absolute Gasteiger partial charge is 0.493 e. The number of carbonyl (C=O) groups is 1. The van der Waals surface area contributed by atoms with Gasteiger partial charge >= 0.3 is 0 Å². The molecular weight excluding hydrogens is 210 g/mol. The number of Topliss-reactive ketones (excluding diaryl/α,β-unsaturated/α-hetero) is 1. The summed E-state index contributed by atoms with van der Waals surface area (Å²) < 4.78 is 5.31. The Balaban J connectivity index is 2.74. The highest BCUT2D eigenvalue weighted by Crippen LogP contribution is 2.23. The second kappa shape index (κ2) is 5.25. The van der Waals surface area contributed by atoms with E-state index >= 15 is 0 Å². The number of hydrogen-bond donors (Lipinski definition) is 0. The Morgan fingerprint density at radius 1 is 1.50 bits per heavy atom. The first-order chi connectivity index (χ1) is 7.50. The summed E-state index contributed by atoms with van der Waals surface area (Å²) in [7, 11) is 0. The number of benzene rings is 1. The van der Waals surface area contributed by atoms with Crippen molar-refractivity contribution in [1.82, 2.24) is 0 Å². The lowest BCUT2D eigenvalue weighted by Gasteiger charge is -2.07. The molecule has 0 amide bonds. The maximum atomic E-state index is 10.7. The van der Waals surface area contributed by atoms with Crippen LogP contribution >= 0.6 is 0 Å². The van der Waals surface area contributed by atoms with Crippen LogP contribution in [0.5, 0.6) is 5.75 Å². The third-order valence-electron chi connectivity index (χ3n) is 2.09. The van der Waals surface area contributed by atoms with Gasteiger partial charge in [-0.25, -0.2) is 0 Å². The van der Waals surface area contributed by atoms with Crippen molar-refractivity contribution in [2.75, 3.05) is 6.61 Å². The fraction of sp³-hybridized carbons (Fsp3) is 0.364. The van der Waals surface area contributed by atoms with Gasteiger partial charge in [0, 0.05) is 12.5 Å². The highest BCUT2D eigenvalue weighted by Gasteiger charge is 2.09. The first kappa shape index (κ1) is 12.2. The smallest absolute Gasteiger partial charge is 0.273 e. The second-order valence-corrected chi connectivity index (χ2v) is 3.51. The molecule has 0 aromatic heterocycles. The van der Waals surface area contributed by atoms with Crippen molar-refractivity contribution in [2.45, 2.75) is 20.3 Å². The molecule has 0 aliphatic carbocycles. The molecule has 86 valence electrons. The summed E-state index contributed by atoms with van der Waals surface area (Å²) in [5.74, 6) is 0.485. The molecule has 0 spiro atoms. The zero-order chi connectivity index (χ0) is 12.1. The van der Waals surface area contributed by atoms with E-state index in [2.05, 4.69) is 0 Å². The molecule has 0 fully saturated rings. The quantitative estimate of drug-likeness (QED) is 0.567. The lowest BCUT2D eigenvalue weighted by atomic mass is 10.2. The van der Waals surface area contributed by atoms with E-state index in [4.69, 9.17) is 4.74 Å². The number of hydrogen-bond acceptors (Lipinski definition) is 4. The Hall–Kier alpha value is -1.91. The summed E-state index contributed by atoms with van der Waals surface area (Å²) in [6, 6.07) is 4.42. The van der Waals surface area contributed by atoms with Crippen LogP contribution in [0.1, 0.15) is 18.9 Å². The Morgan fingerprint density at radius 2 is 2.19 bits per heavy atom. The highest BCUT2D eigenvalue weighted by atomic mass is 16.6. The molecule has 16 heavy (non-hydrogen) atoms. The normalized spacial score (nSPS) is 9.88. The van der Waals surface area contributed by atoms with Crippen LogP contribution in [-0.4, -0.2) is 17.3 Å². The summed E-state index contributed by atoms with van der Waals surface area (Å²) >= 11 is 0. The van der Waals surface area contributed by atoms with Crippen LogP contribution in [0, 0.1) is 17.0 Å². The van der Waals surface area contributed by atoms with E-state index in [0.29, 0.717) is 12.2 Å². The minimum absolute atomic E-state index is 0.0107. The molecule has 1 aromatic carbocycles. The Labute approximate surface area is 93.2 Å². The lowest BCUT2D eigenvalue weighted by molar-refractivity contribution is -0.384. The molecule has 0 aliphatic rings. The first-order valence-electron chi connectivity index (χ1n) is 4.88. The minimum Gasteiger partial charge on any atom is -0.493 e. The molecule has 5 nitrogen and oxygen atoms in total.